The molecule has 54 valence electrons. The molecular formula is C6H8N2O2. The second-order valence-corrected chi connectivity index (χ2v) is 1.92. The lowest BCUT2D eigenvalue weighted by Gasteiger charge is -1.86. The summed E-state index contributed by atoms with van der Waals surface area (Å²) in [5.41, 5.74) is 0.894. The average molecular weight is 140 g/mol. The van der Waals surface area contributed by atoms with Crippen LogP contribution in [0, 0.1) is 0 Å². The van der Waals surface area contributed by atoms with Crippen LogP contribution in [0.5, 0.6) is 0 Å². The fraction of sp³-hybridized carbons (Fsp3) is 0.333. The van der Waals surface area contributed by atoms with Crippen molar-refractivity contribution in [2.45, 2.75) is 13.8 Å². The highest BCUT2D eigenvalue weighted by Crippen LogP contribution is 2.03. The number of rotatable bonds is 1. The summed E-state index contributed by atoms with van der Waals surface area (Å²) in [6, 6.07) is 0. The van der Waals surface area contributed by atoms with Crippen molar-refractivity contribution in [1.29, 1.82) is 0 Å². The molecule has 4 nitrogen and oxygen atoms in total. The standard InChI is InChI=1S/C6H8N2O2/c1-3-4(2)5-7-6(9)10-8-5/h3H,1-2H3,(H,7,8,9)/b4-3+. The molecule has 0 saturated heterocycles. The summed E-state index contributed by atoms with van der Waals surface area (Å²) in [4.78, 5) is 12.8. The van der Waals surface area contributed by atoms with E-state index in [-0.39, 0.29) is 0 Å². The number of nitrogens with one attached hydrogen (secondary N) is 1. The molecule has 0 atom stereocenters. The molecule has 1 aromatic heterocycles. The van der Waals surface area contributed by atoms with Crippen molar-refractivity contribution in [2.24, 2.45) is 0 Å². The smallest absolute Gasteiger partial charge is 0.296 e. The monoisotopic (exact) mass is 140 g/mol. The maximum atomic E-state index is 10.4. The van der Waals surface area contributed by atoms with Crippen molar-refractivity contribution in [2.75, 3.05) is 0 Å². The summed E-state index contributed by atoms with van der Waals surface area (Å²) >= 11 is 0. The lowest BCUT2D eigenvalue weighted by atomic mass is 10.3. The number of aromatic nitrogens is 2. The van der Waals surface area contributed by atoms with E-state index in [9.17, 15) is 4.79 Å². The van der Waals surface area contributed by atoms with Crippen LogP contribution in [-0.4, -0.2) is 10.1 Å². The Kier molecular flexibility index (Phi) is 1.71. The predicted molar refractivity (Wildman–Crippen MR) is 36.4 cm³/mol. The molecule has 1 aromatic rings. The highest BCUT2D eigenvalue weighted by molar-refractivity contribution is 5.55. The SMILES string of the molecule is C/C=C(\C)c1noc(=O)[nH]1. The summed E-state index contributed by atoms with van der Waals surface area (Å²) in [6.07, 6.45) is 1.84. The van der Waals surface area contributed by atoms with E-state index in [4.69, 9.17) is 0 Å². The third kappa shape index (κ3) is 1.15. The average Bonchev–Trinajstić information content (AvgIpc) is 2.34. The molecule has 10 heavy (non-hydrogen) atoms. The Morgan fingerprint density at radius 3 is 2.90 bits per heavy atom. The summed E-state index contributed by atoms with van der Waals surface area (Å²) in [5.74, 6) is -0.0244. The molecule has 0 fully saturated rings. The zero-order valence-corrected chi connectivity index (χ0v) is 5.84. The van der Waals surface area contributed by atoms with Crippen LogP contribution in [0.3, 0.4) is 0 Å². The Morgan fingerprint density at radius 2 is 2.50 bits per heavy atom. The fourth-order valence-electron chi connectivity index (χ4n) is 0.537. The lowest BCUT2D eigenvalue weighted by Crippen LogP contribution is -1.95. The van der Waals surface area contributed by atoms with E-state index in [0.29, 0.717) is 5.82 Å². The highest BCUT2D eigenvalue weighted by atomic mass is 16.5. The molecule has 0 bridgehead atoms. The maximum Gasteiger partial charge on any atom is 0.439 e. The first-order valence-electron chi connectivity index (χ1n) is 2.93. The molecule has 0 saturated carbocycles. The van der Waals surface area contributed by atoms with E-state index < -0.39 is 5.76 Å². The maximum absolute atomic E-state index is 10.4. The summed E-state index contributed by atoms with van der Waals surface area (Å²) in [5, 5.41) is 3.48. The molecule has 1 rings (SSSR count). The number of nitrogens with zero attached hydrogens (tertiary/aromatic N) is 1. The normalized spacial score (nSPS) is 12.0. The zero-order valence-electron chi connectivity index (χ0n) is 5.84. The molecule has 4 heteroatoms. The van der Waals surface area contributed by atoms with E-state index in [2.05, 4.69) is 14.7 Å². The molecule has 0 spiro atoms. The van der Waals surface area contributed by atoms with Gasteiger partial charge in [0.05, 0.1) is 0 Å². The van der Waals surface area contributed by atoms with Crippen LogP contribution in [0.25, 0.3) is 5.57 Å². The minimum atomic E-state index is -0.517. The molecule has 0 aliphatic heterocycles. The van der Waals surface area contributed by atoms with Crippen LogP contribution >= 0.6 is 0 Å². The Balaban J connectivity index is 3.07. The number of aromatic amines is 1. The Morgan fingerprint density at radius 1 is 1.80 bits per heavy atom. The van der Waals surface area contributed by atoms with Crippen molar-refractivity contribution in [1.82, 2.24) is 10.1 Å². The van der Waals surface area contributed by atoms with Gasteiger partial charge in [-0.25, -0.2) is 4.79 Å². The first kappa shape index (κ1) is 6.80. The minimum absolute atomic E-state index is 0.493. The first-order chi connectivity index (χ1) is 4.74. The van der Waals surface area contributed by atoms with Crippen LogP contribution in [0.1, 0.15) is 19.7 Å². The fourth-order valence-corrected chi connectivity index (χ4v) is 0.537. The van der Waals surface area contributed by atoms with Crippen LogP contribution in [0.2, 0.25) is 0 Å². The van der Waals surface area contributed by atoms with Crippen molar-refractivity contribution < 1.29 is 4.52 Å². The van der Waals surface area contributed by atoms with Gasteiger partial charge in [-0.3, -0.25) is 9.51 Å². The Bertz CT molecular complexity index is 295. The molecule has 0 aromatic carbocycles. The van der Waals surface area contributed by atoms with Crippen LogP contribution < -0.4 is 5.76 Å². The third-order valence-corrected chi connectivity index (χ3v) is 1.25. The largest absolute Gasteiger partial charge is 0.439 e. The van der Waals surface area contributed by atoms with Crippen molar-refractivity contribution >= 4 is 5.57 Å². The molecular weight excluding hydrogens is 132 g/mol. The van der Waals surface area contributed by atoms with Gasteiger partial charge in [0.15, 0.2) is 5.82 Å². The van der Waals surface area contributed by atoms with E-state index in [1.807, 2.05) is 19.9 Å². The van der Waals surface area contributed by atoms with Crippen molar-refractivity contribution in [3.05, 3.63) is 22.5 Å². The number of hydrogen-bond acceptors (Lipinski definition) is 3. The van der Waals surface area contributed by atoms with Crippen LogP contribution in [0.4, 0.5) is 0 Å². The number of allylic oxidation sites excluding steroid dienone is 2. The topological polar surface area (TPSA) is 58.9 Å². The van der Waals surface area contributed by atoms with E-state index in [1.54, 1.807) is 0 Å². The van der Waals surface area contributed by atoms with Gasteiger partial charge in [0, 0.05) is 0 Å². The minimum Gasteiger partial charge on any atom is -0.296 e. The van der Waals surface area contributed by atoms with Gasteiger partial charge in [-0.05, 0) is 19.4 Å². The van der Waals surface area contributed by atoms with Gasteiger partial charge < -0.3 is 0 Å². The highest BCUT2D eigenvalue weighted by Gasteiger charge is 1.99. The van der Waals surface area contributed by atoms with Crippen LogP contribution in [0.15, 0.2) is 15.4 Å². The number of H-pyrrole nitrogens is 1. The summed E-state index contributed by atoms with van der Waals surface area (Å²) in [7, 11) is 0. The predicted octanol–water partition coefficient (Wildman–Crippen LogP) is 0.786. The van der Waals surface area contributed by atoms with Gasteiger partial charge in [0.1, 0.15) is 0 Å². The Labute approximate surface area is 57.5 Å². The zero-order chi connectivity index (χ0) is 7.56. The van der Waals surface area contributed by atoms with Crippen molar-refractivity contribution in [3.8, 4) is 0 Å². The second kappa shape index (κ2) is 2.51. The quantitative estimate of drug-likeness (QED) is 0.627. The summed E-state index contributed by atoms with van der Waals surface area (Å²) < 4.78 is 4.29. The molecule has 1 heterocycles. The second-order valence-electron chi connectivity index (χ2n) is 1.92. The molecule has 0 amide bonds. The summed E-state index contributed by atoms with van der Waals surface area (Å²) in [6.45, 7) is 3.70. The van der Waals surface area contributed by atoms with E-state index in [1.165, 1.54) is 0 Å². The van der Waals surface area contributed by atoms with E-state index in [0.717, 1.165) is 5.57 Å². The molecule has 0 aliphatic rings. The number of hydrogen-bond donors (Lipinski definition) is 1. The lowest BCUT2D eigenvalue weighted by molar-refractivity contribution is 0.385. The molecule has 0 radical (unpaired) electrons. The van der Waals surface area contributed by atoms with E-state index >= 15 is 0 Å². The third-order valence-electron chi connectivity index (χ3n) is 1.25. The molecule has 1 N–H and O–H groups in total. The first-order valence-corrected chi connectivity index (χ1v) is 2.93. The van der Waals surface area contributed by atoms with Crippen LogP contribution in [-0.2, 0) is 0 Å². The van der Waals surface area contributed by atoms with Gasteiger partial charge in [-0.15, -0.1) is 0 Å². The van der Waals surface area contributed by atoms with Gasteiger partial charge in [0.2, 0.25) is 0 Å². The van der Waals surface area contributed by atoms with Gasteiger partial charge >= 0.3 is 5.76 Å². The van der Waals surface area contributed by atoms with Gasteiger partial charge in [-0.1, -0.05) is 11.2 Å². The van der Waals surface area contributed by atoms with Gasteiger partial charge in [-0.2, -0.15) is 0 Å². The molecule has 0 unspecified atom stereocenters. The van der Waals surface area contributed by atoms with Crippen molar-refractivity contribution in [3.63, 3.8) is 0 Å². The van der Waals surface area contributed by atoms with Gasteiger partial charge in [0.25, 0.3) is 0 Å². The Hall–Kier alpha value is -1.32. The molecule has 0 aliphatic carbocycles.